The summed E-state index contributed by atoms with van der Waals surface area (Å²) in [5.41, 5.74) is 0.0635. The van der Waals surface area contributed by atoms with E-state index in [9.17, 15) is 14.7 Å². The van der Waals surface area contributed by atoms with Crippen LogP contribution in [-0.4, -0.2) is 23.5 Å². The number of carboxylic acid groups (broad SMARTS) is 1. The fourth-order valence-electron chi connectivity index (χ4n) is 2.78. The highest BCUT2D eigenvalue weighted by atomic mass is 16.4. The van der Waals surface area contributed by atoms with E-state index < -0.39 is 17.8 Å². The average molecular weight is 295 g/mol. The summed E-state index contributed by atoms with van der Waals surface area (Å²) < 4.78 is 0. The molecule has 2 atom stereocenters. The molecule has 0 aromatic carbocycles. The number of amides is 1. The molecule has 0 aromatic heterocycles. The van der Waals surface area contributed by atoms with Crippen molar-refractivity contribution in [1.82, 2.24) is 5.32 Å². The minimum Gasteiger partial charge on any atom is -0.481 e. The number of aliphatic carboxylic acids is 1. The average Bonchev–Trinajstić information content (AvgIpc) is 2.45. The van der Waals surface area contributed by atoms with E-state index in [0.717, 1.165) is 6.42 Å². The SMILES string of the molecule is CCCCCC(C)(C)CNC(=O)C1CC=CCC1C(=O)O. The molecule has 0 bridgehead atoms. The van der Waals surface area contributed by atoms with Crippen molar-refractivity contribution in [2.24, 2.45) is 17.3 Å². The molecule has 120 valence electrons. The molecule has 0 saturated heterocycles. The Hall–Kier alpha value is -1.32. The molecule has 1 aliphatic carbocycles. The summed E-state index contributed by atoms with van der Waals surface area (Å²) in [5, 5.41) is 12.2. The number of carbonyl (C=O) groups excluding carboxylic acids is 1. The molecule has 0 spiro atoms. The third-order valence-corrected chi connectivity index (χ3v) is 4.28. The summed E-state index contributed by atoms with van der Waals surface area (Å²) in [6.07, 6.45) is 9.40. The van der Waals surface area contributed by atoms with Crippen molar-refractivity contribution in [2.75, 3.05) is 6.54 Å². The van der Waals surface area contributed by atoms with Crippen LogP contribution in [0.15, 0.2) is 12.2 Å². The first-order valence-electron chi connectivity index (χ1n) is 8.03. The fourth-order valence-corrected chi connectivity index (χ4v) is 2.78. The molecule has 2 N–H and O–H groups in total. The second-order valence-electron chi connectivity index (χ2n) is 6.83. The molecule has 2 unspecified atom stereocenters. The van der Waals surface area contributed by atoms with Gasteiger partial charge in [-0.1, -0.05) is 52.2 Å². The molecule has 0 aliphatic heterocycles. The zero-order valence-corrected chi connectivity index (χ0v) is 13.5. The molecule has 21 heavy (non-hydrogen) atoms. The number of carboxylic acids is 1. The van der Waals surface area contributed by atoms with Crippen molar-refractivity contribution >= 4 is 11.9 Å². The van der Waals surface area contributed by atoms with E-state index >= 15 is 0 Å². The summed E-state index contributed by atoms with van der Waals surface area (Å²) >= 11 is 0. The maximum atomic E-state index is 12.3. The predicted molar refractivity (Wildman–Crippen MR) is 83.9 cm³/mol. The molecule has 4 nitrogen and oxygen atoms in total. The molecule has 1 amide bonds. The third-order valence-electron chi connectivity index (χ3n) is 4.28. The Bertz CT molecular complexity index is 387. The van der Waals surface area contributed by atoms with Crippen LogP contribution >= 0.6 is 0 Å². The van der Waals surface area contributed by atoms with Crippen molar-refractivity contribution in [3.05, 3.63) is 12.2 Å². The van der Waals surface area contributed by atoms with E-state index in [2.05, 4.69) is 26.1 Å². The number of hydrogen-bond donors (Lipinski definition) is 2. The maximum Gasteiger partial charge on any atom is 0.307 e. The molecule has 0 fully saturated rings. The third kappa shape index (κ3) is 5.90. The van der Waals surface area contributed by atoms with Crippen LogP contribution in [-0.2, 0) is 9.59 Å². The van der Waals surface area contributed by atoms with Crippen molar-refractivity contribution < 1.29 is 14.7 Å². The zero-order chi connectivity index (χ0) is 15.9. The first kappa shape index (κ1) is 17.7. The number of allylic oxidation sites excluding steroid dienone is 2. The molecule has 0 radical (unpaired) electrons. The first-order valence-corrected chi connectivity index (χ1v) is 8.03. The van der Waals surface area contributed by atoms with Gasteiger partial charge in [0.05, 0.1) is 11.8 Å². The van der Waals surface area contributed by atoms with Gasteiger partial charge in [0.15, 0.2) is 0 Å². The minimum absolute atomic E-state index is 0.0635. The zero-order valence-electron chi connectivity index (χ0n) is 13.5. The standard InChI is InChI=1S/C17H29NO3/c1-4-5-8-11-17(2,3)12-18-15(19)13-9-6-7-10-14(13)16(20)21/h6-7,13-14H,4-5,8-12H2,1-3H3,(H,18,19)(H,20,21). The number of carbonyl (C=O) groups is 2. The van der Waals surface area contributed by atoms with Gasteiger partial charge in [-0.3, -0.25) is 9.59 Å². The van der Waals surface area contributed by atoms with Crippen molar-refractivity contribution in [2.45, 2.75) is 59.3 Å². The number of nitrogens with one attached hydrogen (secondary N) is 1. The lowest BCUT2D eigenvalue weighted by Gasteiger charge is -2.28. The summed E-state index contributed by atoms with van der Waals surface area (Å²) in [5.74, 6) is -2.01. The van der Waals surface area contributed by atoms with Gasteiger partial charge < -0.3 is 10.4 Å². The highest BCUT2D eigenvalue weighted by Crippen LogP contribution is 2.27. The first-order chi connectivity index (χ1) is 9.87. The van der Waals surface area contributed by atoms with E-state index in [1.54, 1.807) is 0 Å². The summed E-state index contributed by atoms with van der Waals surface area (Å²) in [6, 6.07) is 0. The maximum absolute atomic E-state index is 12.3. The molecule has 0 heterocycles. The highest BCUT2D eigenvalue weighted by molar-refractivity contribution is 5.85. The topological polar surface area (TPSA) is 66.4 Å². The number of unbranched alkanes of at least 4 members (excludes halogenated alkanes) is 2. The normalized spacial score (nSPS) is 22.0. The Morgan fingerprint density at radius 2 is 1.81 bits per heavy atom. The highest BCUT2D eigenvalue weighted by Gasteiger charge is 2.34. The Morgan fingerprint density at radius 1 is 1.19 bits per heavy atom. The summed E-state index contributed by atoms with van der Waals surface area (Å²) in [6.45, 7) is 7.09. The molecular formula is C17H29NO3. The molecule has 4 heteroatoms. The second kappa shape index (κ2) is 8.20. The summed E-state index contributed by atoms with van der Waals surface area (Å²) in [7, 11) is 0. The Kier molecular flexibility index (Phi) is 6.93. The van der Waals surface area contributed by atoms with Gasteiger partial charge in [-0.05, 0) is 24.7 Å². The molecule has 1 aliphatic rings. The van der Waals surface area contributed by atoms with Gasteiger partial charge in [0, 0.05) is 6.54 Å². The van der Waals surface area contributed by atoms with Gasteiger partial charge in [-0.2, -0.15) is 0 Å². The van der Waals surface area contributed by atoms with Crippen LogP contribution < -0.4 is 5.32 Å². The van der Waals surface area contributed by atoms with Crippen molar-refractivity contribution in [3.63, 3.8) is 0 Å². The van der Waals surface area contributed by atoms with Gasteiger partial charge in [0.2, 0.25) is 5.91 Å². The largest absolute Gasteiger partial charge is 0.481 e. The lowest BCUT2D eigenvalue weighted by atomic mass is 9.81. The molecule has 1 rings (SSSR count). The quantitative estimate of drug-likeness (QED) is 0.533. The van der Waals surface area contributed by atoms with Crippen LogP contribution in [0, 0.1) is 17.3 Å². The van der Waals surface area contributed by atoms with Gasteiger partial charge in [0.25, 0.3) is 0 Å². The Balaban J connectivity index is 2.48. The summed E-state index contributed by atoms with van der Waals surface area (Å²) in [4.78, 5) is 23.5. The van der Waals surface area contributed by atoms with Crippen molar-refractivity contribution in [1.29, 1.82) is 0 Å². The lowest BCUT2D eigenvalue weighted by molar-refractivity contribution is -0.147. The van der Waals surface area contributed by atoms with Crippen LogP contribution in [0.1, 0.15) is 59.3 Å². The van der Waals surface area contributed by atoms with Crippen LogP contribution in [0.25, 0.3) is 0 Å². The van der Waals surface area contributed by atoms with Crippen LogP contribution in [0.4, 0.5) is 0 Å². The van der Waals surface area contributed by atoms with Crippen LogP contribution in [0.2, 0.25) is 0 Å². The Morgan fingerprint density at radius 3 is 2.38 bits per heavy atom. The van der Waals surface area contributed by atoms with E-state index in [1.165, 1.54) is 19.3 Å². The molecular weight excluding hydrogens is 266 g/mol. The minimum atomic E-state index is -0.873. The smallest absolute Gasteiger partial charge is 0.307 e. The van der Waals surface area contributed by atoms with Gasteiger partial charge >= 0.3 is 5.97 Å². The van der Waals surface area contributed by atoms with E-state index in [4.69, 9.17) is 0 Å². The monoisotopic (exact) mass is 295 g/mol. The lowest BCUT2D eigenvalue weighted by Crippen LogP contribution is -2.42. The van der Waals surface area contributed by atoms with E-state index in [0.29, 0.717) is 19.4 Å². The second-order valence-corrected chi connectivity index (χ2v) is 6.83. The van der Waals surface area contributed by atoms with Gasteiger partial charge in [-0.15, -0.1) is 0 Å². The van der Waals surface area contributed by atoms with E-state index in [-0.39, 0.29) is 11.3 Å². The Labute approximate surface area is 128 Å². The van der Waals surface area contributed by atoms with E-state index in [1.807, 2.05) is 12.2 Å². The van der Waals surface area contributed by atoms with Crippen LogP contribution in [0.5, 0.6) is 0 Å². The van der Waals surface area contributed by atoms with Gasteiger partial charge in [0.1, 0.15) is 0 Å². The van der Waals surface area contributed by atoms with Gasteiger partial charge in [-0.25, -0.2) is 0 Å². The molecule has 0 saturated carbocycles. The van der Waals surface area contributed by atoms with Crippen LogP contribution in [0.3, 0.4) is 0 Å². The number of hydrogen-bond acceptors (Lipinski definition) is 2. The van der Waals surface area contributed by atoms with Crippen molar-refractivity contribution in [3.8, 4) is 0 Å². The predicted octanol–water partition coefficient (Wildman–Crippen LogP) is 3.38. The fraction of sp³-hybridized carbons (Fsp3) is 0.765. The molecule has 0 aromatic rings. The number of rotatable bonds is 8.